The molecule has 1 atom stereocenters. The van der Waals surface area contributed by atoms with Crippen molar-refractivity contribution in [2.75, 3.05) is 7.11 Å². The number of carbonyl (C=O) groups is 1. The van der Waals surface area contributed by atoms with Gasteiger partial charge < -0.3 is 4.74 Å². The Hall–Kier alpha value is -2.16. The summed E-state index contributed by atoms with van der Waals surface area (Å²) in [4.78, 5) is 17.4. The Morgan fingerprint density at radius 2 is 1.95 bits per heavy atom. The van der Waals surface area contributed by atoms with Crippen LogP contribution in [-0.2, 0) is 6.42 Å². The minimum Gasteiger partial charge on any atom is -0.496 e. The molecule has 0 radical (unpaired) electrons. The van der Waals surface area contributed by atoms with Crippen molar-refractivity contribution in [3.05, 3.63) is 47.7 Å². The van der Waals surface area contributed by atoms with Crippen LogP contribution in [0.25, 0.3) is 11.3 Å². The summed E-state index contributed by atoms with van der Waals surface area (Å²) in [7, 11) is 1.66. The topological polar surface area (TPSA) is 39.2 Å². The van der Waals surface area contributed by atoms with Gasteiger partial charge in [0.1, 0.15) is 5.75 Å². The molecular formula is C19H21NO2. The van der Waals surface area contributed by atoms with Crippen LogP contribution in [0, 0.1) is 5.41 Å². The van der Waals surface area contributed by atoms with Crippen LogP contribution in [0.2, 0.25) is 0 Å². The van der Waals surface area contributed by atoms with Crippen LogP contribution in [-0.4, -0.2) is 17.9 Å². The van der Waals surface area contributed by atoms with E-state index in [0.29, 0.717) is 0 Å². The summed E-state index contributed by atoms with van der Waals surface area (Å²) in [5, 5.41) is 0. The molecule has 0 fully saturated rings. The van der Waals surface area contributed by atoms with E-state index in [2.05, 4.69) is 13.8 Å². The van der Waals surface area contributed by atoms with Crippen LogP contribution in [0.3, 0.4) is 0 Å². The highest BCUT2D eigenvalue weighted by atomic mass is 16.5. The first-order valence-electron chi connectivity index (χ1n) is 7.77. The third-order valence-corrected chi connectivity index (χ3v) is 4.84. The smallest absolute Gasteiger partial charge is 0.170 e. The third-order valence-electron chi connectivity index (χ3n) is 4.84. The van der Waals surface area contributed by atoms with Gasteiger partial charge in [-0.05, 0) is 43.5 Å². The number of ether oxygens (including phenoxy) is 1. The molecule has 0 bridgehead atoms. The molecule has 1 aromatic heterocycles. The number of aromatic nitrogens is 1. The predicted octanol–water partition coefficient (Wildman–Crippen LogP) is 4.30. The molecule has 0 spiro atoms. The lowest BCUT2D eigenvalue weighted by Crippen LogP contribution is -2.33. The third kappa shape index (κ3) is 2.31. The van der Waals surface area contributed by atoms with Gasteiger partial charge in [0.2, 0.25) is 0 Å². The normalized spacial score (nSPS) is 20.6. The number of aryl methyl sites for hydroxylation is 1. The number of ketones is 1. The first-order chi connectivity index (χ1) is 10.6. The Labute approximate surface area is 131 Å². The molecule has 0 aliphatic heterocycles. The highest BCUT2D eigenvalue weighted by Crippen LogP contribution is 2.38. The fourth-order valence-corrected chi connectivity index (χ4v) is 3.08. The molecule has 1 heterocycles. The molecule has 1 aliphatic carbocycles. The molecule has 3 heteroatoms. The summed E-state index contributed by atoms with van der Waals surface area (Å²) in [6, 6.07) is 11.7. The second kappa shape index (κ2) is 5.56. The summed E-state index contributed by atoms with van der Waals surface area (Å²) in [5.74, 6) is 1.03. The Bertz CT molecular complexity index is 723. The molecule has 3 nitrogen and oxygen atoms in total. The van der Waals surface area contributed by atoms with Crippen molar-refractivity contribution < 1.29 is 9.53 Å². The summed E-state index contributed by atoms with van der Waals surface area (Å²) in [5.41, 5.74) is 3.29. The number of hydrogen-bond donors (Lipinski definition) is 0. The van der Waals surface area contributed by atoms with Crippen molar-refractivity contribution in [3.8, 4) is 17.0 Å². The summed E-state index contributed by atoms with van der Waals surface area (Å²) < 4.78 is 5.41. The predicted molar refractivity (Wildman–Crippen MR) is 87.3 cm³/mol. The van der Waals surface area contributed by atoms with Crippen molar-refractivity contribution in [1.29, 1.82) is 0 Å². The molecule has 114 valence electrons. The van der Waals surface area contributed by atoms with E-state index in [0.717, 1.165) is 47.5 Å². The van der Waals surface area contributed by atoms with Crippen molar-refractivity contribution >= 4 is 5.78 Å². The van der Waals surface area contributed by atoms with Crippen molar-refractivity contribution in [1.82, 2.24) is 4.98 Å². The maximum atomic E-state index is 12.7. The molecule has 0 amide bonds. The number of carbonyl (C=O) groups excluding carboxylic acids is 1. The van der Waals surface area contributed by atoms with Crippen LogP contribution in [0.15, 0.2) is 36.4 Å². The maximum Gasteiger partial charge on any atom is 0.170 e. The number of methoxy groups -OCH3 is 1. The molecule has 1 aliphatic rings. The zero-order valence-corrected chi connectivity index (χ0v) is 13.3. The molecule has 0 N–H and O–H groups in total. The molecule has 3 rings (SSSR count). The molecule has 0 saturated carbocycles. The monoisotopic (exact) mass is 295 g/mol. The lowest BCUT2D eigenvalue weighted by Gasteiger charge is -2.31. The van der Waals surface area contributed by atoms with Crippen LogP contribution in [0.4, 0.5) is 0 Å². The SMILES string of the molecule is CCC1(C)CCc2nc(-c3ccccc3OC)ccc2C1=O. The van der Waals surface area contributed by atoms with Gasteiger partial charge in [-0.1, -0.05) is 26.0 Å². The Morgan fingerprint density at radius 3 is 2.68 bits per heavy atom. The van der Waals surface area contributed by atoms with E-state index in [-0.39, 0.29) is 11.2 Å². The second-order valence-electron chi connectivity index (χ2n) is 6.13. The number of pyridine rings is 1. The number of fused-ring (bicyclic) bond motifs is 1. The van der Waals surface area contributed by atoms with E-state index in [1.54, 1.807) is 7.11 Å². The van der Waals surface area contributed by atoms with Gasteiger partial charge in [0.25, 0.3) is 0 Å². The molecule has 1 unspecified atom stereocenters. The van der Waals surface area contributed by atoms with E-state index < -0.39 is 0 Å². The number of Topliss-reactive ketones (excluding diaryl/α,β-unsaturated/α-hetero) is 1. The molecule has 1 aromatic carbocycles. The van der Waals surface area contributed by atoms with E-state index >= 15 is 0 Å². The zero-order chi connectivity index (χ0) is 15.7. The number of rotatable bonds is 3. The minimum absolute atomic E-state index is 0.232. The summed E-state index contributed by atoms with van der Waals surface area (Å²) in [6.45, 7) is 4.14. The summed E-state index contributed by atoms with van der Waals surface area (Å²) in [6.07, 6.45) is 2.60. The van der Waals surface area contributed by atoms with Crippen molar-refractivity contribution in [2.45, 2.75) is 33.1 Å². The average molecular weight is 295 g/mol. The van der Waals surface area contributed by atoms with Gasteiger partial charge in [-0.2, -0.15) is 0 Å². The maximum absolute atomic E-state index is 12.7. The van der Waals surface area contributed by atoms with Gasteiger partial charge in [-0.15, -0.1) is 0 Å². The Kier molecular flexibility index (Phi) is 3.73. The van der Waals surface area contributed by atoms with Crippen LogP contribution in [0.1, 0.15) is 42.7 Å². The van der Waals surface area contributed by atoms with Gasteiger partial charge in [-0.25, -0.2) is 0 Å². The van der Waals surface area contributed by atoms with Crippen LogP contribution in [0.5, 0.6) is 5.75 Å². The summed E-state index contributed by atoms with van der Waals surface area (Å²) >= 11 is 0. The highest BCUT2D eigenvalue weighted by Gasteiger charge is 2.37. The van der Waals surface area contributed by atoms with Gasteiger partial charge in [0.05, 0.1) is 18.5 Å². The van der Waals surface area contributed by atoms with Gasteiger partial charge >= 0.3 is 0 Å². The van der Waals surface area contributed by atoms with E-state index in [9.17, 15) is 4.79 Å². The molecule has 22 heavy (non-hydrogen) atoms. The van der Waals surface area contributed by atoms with Gasteiger partial charge in [-0.3, -0.25) is 9.78 Å². The minimum atomic E-state index is -0.235. The zero-order valence-electron chi connectivity index (χ0n) is 13.3. The highest BCUT2D eigenvalue weighted by molar-refractivity contribution is 6.02. The number of benzene rings is 1. The first kappa shape index (κ1) is 14.8. The fraction of sp³-hybridized carbons (Fsp3) is 0.368. The van der Waals surface area contributed by atoms with E-state index in [1.807, 2.05) is 36.4 Å². The molecular weight excluding hydrogens is 274 g/mol. The standard InChI is InChI=1S/C19H21NO2/c1-4-19(2)12-11-16-14(18(19)21)9-10-15(20-16)13-7-5-6-8-17(13)22-3/h5-10H,4,11-12H2,1-3H3. The quantitative estimate of drug-likeness (QED) is 0.847. The van der Waals surface area contributed by atoms with Crippen LogP contribution < -0.4 is 4.74 Å². The average Bonchev–Trinajstić information content (AvgIpc) is 2.58. The number of nitrogens with zero attached hydrogens (tertiary/aromatic N) is 1. The lowest BCUT2D eigenvalue weighted by atomic mass is 9.71. The Morgan fingerprint density at radius 1 is 1.18 bits per heavy atom. The molecule has 0 saturated heterocycles. The fourth-order valence-electron chi connectivity index (χ4n) is 3.08. The number of para-hydroxylation sites is 1. The number of hydrogen-bond acceptors (Lipinski definition) is 3. The Balaban J connectivity index is 2.05. The first-order valence-corrected chi connectivity index (χ1v) is 7.77. The second-order valence-corrected chi connectivity index (χ2v) is 6.13. The van der Waals surface area contributed by atoms with Gasteiger partial charge in [0.15, 0.2) is 5.78 Å². The van der Waals surface area contributed by atoms with Crippen molar-refractivity contribution in [2.24, 2.45) is 5.41 Å². The lowest BCUT2D eigenvalue weighted by molar-refractivity contribution is 0.0776. The largest absolute Gasteiger partial charge is 0.496 e. The van der Waals surface area contributed by atoms with E-state index in [1.165, 1.54) is 0 Å². The van der Waals surface area contributed by atoms with E-state index in [4.69, 9.17) is 9.72 Å². The van der Waals surface area contributed by atoms with Crippen molar-refractivity contribution in [3.63, 3.8) is 0 Å². The molecule has 2 aromatic rings. The van der Waals surface area contributed by atoms with Crippen LogP contribution >= 0.6 is 0 Å². The van der Waals surface area contributed by atoms with Gasteiger partial charge in [0, 0.05) is 16.5 Å².